The van der Waals surface area contributed by atoms with Gasteiger partial charge in [0.25, 0.3) is 0 Å². The Hall–Kier alpha value is -3.09. The third-order valence-corrected chi connectivity index (χ3v) is 5.69. The van der Waals surface area contributed by atoms with Crippen LogP contribution in [0.2, 0.25) is 0 Å². The predicted octanol–water partition coefficient (Wildman–Crippen LogP) is 4.69. The van der Waals surface area contributed by atoms with Crippen molar-refractivity contribution < 1.29 is 32.9 Å². The summed E-state index contributed by atoms with van der Waals surface area (Å²) in [6.07, 6.45) is 1.98. The summed E-state index contributed by atoms with van der Waals surface area (Å²) in [5, 5.41) is 0. The molecule has 1 fully saturated rings. The molecule has 0 bridgehead atoms. The Morgan fingerprint density at radius 3 is 2.35 bits per heavy atom. The van der Waals surface area contributed by atoms with E-state index in [1.807, 2.05) is 37.3 Å². The molecule has 0 amide bonds. The van der Waals surface area contributed by atoms with E-state index in [0.717, 1.165) is 11.6 Å². The highest BCUT2D eigenvalue weighted by atomic mass is 19.1. The normalized spacial score (nSPS) is 20.6. The van der Waals surface area contributed by atoms with Crippen LogP contribution in [0.15, 0.2) is 42.5 Å². The minimum absolute atomic E-state index is 0.0403. The Labute approximate surface area is 181 Å². The average molecular weight is 430 g/mol. The summed E-state index contributed by atoms with van der Waals surface area (Å²) in [7, 11) is 2.59. The van der Waals surface area contributed by atoms with Gasteiger partial charge in [-0.1, -0.05) is 30.3 Å². The molecule has 0 saturated heterocycles. The fraction of sp³-hybridized carbons (Fsp3) is 0.417. The summed E-state index contributed by atoms with van der Waals surface area (Å²) in [5.74, 6) is -1.46. The second kappa shape index (κ2) is 9.81. The number of ether oxygens (including phenoxy) is 4. The lowest BCUT2D eigenvalue weighted by Crippen LogP contribution is -2.37. The fourth-order valence-corrected chi connectivity index (χ4v) is 3.69. The summed E-state index contributed by atoms with van der Waals surface area (Å²) >= 11 is 0. The predicted molar refractivity (Wildman–Crippen MR) is 112 cm³/mol. The molecule has 6 nitrogen and oxygen atoms in total. The van der Waals surface area contributed by atoms with Crippen LogP contribution < -0.4 is 9.47 Å². The molecule has 0 unspecified atom stereocenters. The molecule has 0 aromatic heterocycles. The summed E-state index contributed by atoms with van der Waals surface area (Å²) < 4.78 is 35.6. The highest BCUT2D eigenvalue weighted by Gasteiger charge is 2.39. The second-order valence-corrected chi connectivity index (χ2v) is 7.91. The Balaban J connectivity index is 1.60. The maximum absolute atomic E-state index is 14.5. The van der Waals surface area contributed by atoms with Gasteiger partial charge in [-0.2, -0.15) is 0 Å². The Morgan fingerprint density at radius 2 is 1.74 bits per heavy atom. The van der Waals surface area contributed by atoms with Crippen LogP contribution >= 0.6 is 0 Å². The first-order chi connectivity index (χ1) is 14.9. The number of carbonyl (C=O) groups is 2. The first-order valence-corrected chi connectivity index (χ1v) is 10.2. The molecule has 3 rings (SSSR count). The summed E-state index contributed by atoms with van der Waals surface area (Å²) in [6, 6.07) is 11.9. The Morgan fingerprint density at radius 1 is 1.06 bits per heavy atom. The molecule has 0 radical (unpaired) electrons. The van der Waals surface area contributed by atoms with Gasteiger partial charge in [-0.25, -0.2) is 9.18 Å². The van der Waals surface area contributed by atoms with Crippen molar-refractivity contribution in [2.45, 2.75) is 45.3 Å². The van der Waals surface area contributed by atoms with Crippen LogP contribution in [-0.4, -0.2) is 32.3 Å². The SMILES string of the molecule is COC(=O)c1cc(O[C@H]2CC[C@@](C)(C(=O)OCc3ccccc3)CC2)c(F)cc1OC. The maximum atomic E-state index is 14.5. The molecule has 166 valence electrons. The third kappa shape index (κ3) is 5.34. The van der Waals surface area contributed by atoms with Gasteiger partial charge in [-0.15, -0.1) is 0 Å². The van der Waals surface area contributed by atoms with E-state index in [9.17, 15) is 14.0 Å². The van der Waals surface area contributed by atoms with Crippen molar-refractivity contribution >= 4 is 11.9 Å². The summed E-state index contributed by atoms with van der Waals surface area (Å²) in [6.45, 7) is 2.13. The molecule has 1 aliphatic rings. The van der Waals surface area contributed by atoms with Crippen LogP contribution in [0, 0.1) is 11.2 Å². The lowest BCUT2D eigenvalue weighted by Gasteiger charge is -2.35. The van der Waals surface area contributed by atoms with E-state index in [1.54, 1.807) is 0 Å². The number of hydrogen-bond acceptors (Lipinski definition) is 6. The third-order valence-electron chi connectivity index (χ3n) is 5.69. The van der Waals surface area contributed by atoms with Gasteiger partial charge in [0, 0.05) is 12.1 Å². The van der Waals surface area contributed by atoms with Crippen molar-refractivity contribution in [3.63, 3.8) is 0 Å². The van der Waals surface area contributed by atoms with Gasteiger partial charge in [-0.3, -0.25) is 4.79 Å². The van der Waals surface area contributed by atoms with E-state index in [0.29, 0.717) is 25.7 Å². The minimum Gasteiger partial charge on any atom is -0.496 e. The number of halogens is 1. The number of hydrogen-bond donors (Lipinski definition) is 0. The monoisotopic (exact) mass is 430 g/mol. The van der Waals surface area contributed by atoms with E-state index in [4.69, 9.17) is 18.9 Å². The number of rotatable bonds is 7. The van der Waals surface area contributed by atoms with Gasteiger partial charge in [-0.05, 0) is 38.2 Å². The van der Waals surface area contributed by atoms with Gasteiger partial charge < -0.3 is 18.9 Å². The highest BCUT2D eigenvalue weighted by Crippen LogP contribution is 2.39. The zero-order chi connectivity index (χ0) is 22.4. The largest absolute Gasteiger partial charge is 0.496 e. The van der Waals surface area contributed by atoms with E-state index in [-0.39, 0.29) is 35.7 Å². The lowest BCUT2D eigenvalue weighted by molar-refractivity contribution is -0.159. The van der Waals surface area contributed by atoms with Crippen LogP contribution in [0.1, 0.15) is 48.5 Å². The maximum Gasteiger partial charge on any atom is 0.341 e. The smallest absolute Gasteiger partial charge is 0.341 e. The van der Waals surface area contributed by atoms with Gasteiger partial charge in [0.15, 0.2) is 11.6 Å². The van der Waals surface area contributed by atoms with Crippen LogP contribution in [0.5, 0.6) is 11.5 Å². The van der Waals surface area contributed by atoms with Crippen molar-refractivity contribution in [1.82, 2.24) is 0 Å². The molecule has 2 aromatic rings. The first kappa shape index (κ1) is 22.6. The Kier molecular flexibility index (Phi) is 7.15. The van der Waals surface area contributed by atoms with Crippen LogP contribution in [0.25, 0.3) is 0 Å². The van der Waals surface area contributed by atoms with Gasteiger partial charge in [0.1, 0.15) is 17.9 Å². The quantitative estimate of drug-likeness (QED) is 0.594. The summed E-state index contributed by atoms with van der Waals surface area (Å²) in [4.78, 5) is 24.6. The minimum atomic E-state index is -0.640. The van der Waals surface area contributed by atoms with Crippen LogP contribution in [0.4, 0.5) is 4.39 Å². The molecule has 0 heterocycles. The van der Waals surface area contributed by atoms with E-state index in [2.05, 4.69) is 0 Å². The molecule has 1 saturated carbocycles. The summed E-state index contributed by atoms with van der Waals surface area (Å²) in [5.41, 5.74) is 0.420. The lowest BCUT2D eigenvalue weighted by atomic mass is 9.74. The molecule has 2 aromatic carbocycles. The molecule has 0 spiro atoms. The standard InChI is InChI=1S/C24H27FO6/c1-24(23(27)30-15-16-7-5-4-6-8-16)11-9-17(10-12-24)31-21-13-18(22(26)29-3)20(28-2)14-19(21)25/h4-8,13-14,17H,9-12,15H2,1-3H3/t17-,24+. The second-order valence-electron chi connectivity index (χ2n) is 7.91. The zero-order valence-electron chi connectivity index (χ0n) is 18.0. The molecule has 0 aliphatic heterocycles. The van der Waals surface area contributed by atoms with Gasteiger partial charge in [0.05, 0.1) is 25.7 Å². The van der Waals surface area contributed by atoms with Crippen molar-refractivity contribution in [3.8, 4) is 11.5 Å². The van der Waals surface area contributed by atoms with Gasteiger partial charge >= 0.3 is 11.9 Å². The van der Waals surface area contributed by atoms with Crippen LogP contribution in [0.3, 0.4) is 0 Å². The molecular weight excluding hydrogens is 403 g/mol. The fourth-order valence-electron chi connectivity index (χ4n) is 3.69. The molecular formula is C24H27FO6. The first-order valence-electron chi connectivity index (χ1n) is 10.2. The average Bonchev–Trinajstić information content (AvgIpc) is 2.80. The molecule has 0 N–H and O–H groups in total. The van der Waals surface area contributed by atoms with Gasteiger partial charge in [0.2, 0.25) is 0 Å². The zero-order valence-corrected chi connectivity index (χ0v) is 18.0. The molecule has 1 aliphatic carbocycles. The number of esters is 2. The topological polar surface area (TPSA) is 71.1 Å². The van der Waals surface area contributed by atoms with E-state index in [1.165, 1.54) is 20.3 Å². The number of benzene rings is 2. The van der Waals surface area contributed by atoms with Crippen LogP contribution in [-0.2, 0) is 20.9 Å². The van der Waals surface area contributed by atoms with Crippen molar-refractivity contribution in [2.24, 2.45) is 5.41 Å². The number of methoxy groups -OCH3 is 2. The highest BCUT2D eigenvalue weighted by molar-refractivity contribution is 5.93. The van der Waals surface area contributed by atoms with E-state index < -0.39 is 17.2 Å². The van der Waals surface area contributed by atoms with Crippen molar-refractivity contribution in [3.05, 3.63) is 59.4 Å². The molecule has 31 heavy (non-hydrogen) atoms. The van der Waals surface area contributed by atoms with E-state index >= 15 is 0 Å². The van der Waals surface area contributed by atoms with Crippen molar-refractivity contribution in [1.29, 1.82) is 0 Å². The molecule has 7 heteroatoms. The molecule has 0 atom stereocenters. The van der Waals surface area contributed by atoms with Crippen molar-refractivity contribution in [2.75, 3.05) is 14.2 Å². The Bertz CT molecular complexity index is 919. The number of carbonyl (C=O) groups excluding carboxylic acids is 2.